The molecule has 1 aliphatic rings. The van der Waals surface area contributed by atoms with Crippen molar-refractivity contribution in [2.45, 2.75) is 18.4 Å². The van der Waals surface area contributed by atoms with Crippen molar-refractivity contribution in [2.24, 2.45) is 0 Å². The van der Waals surface area contributed by atoms with Crippen LogP contribution in [0.1, 0.15) is 12.8 Å². The molecule has 0 bridgehead atoms. The van der Waals surface area contributed by atoms with E-state index in [1.807, 2.05) is 0 Å². The van der Waals surface area contributed by atoms with Crippen LogP contribution in [-0.2, 0) is 9.57 Å². The smallest absolute Gasteiger partial charge is 0.0949 e. The quantitative estimate of drug-likeness (QED) is 0.584. The van der Waals surface area contributed by atoms with Crippen molar-refractivity contribution in [3.05, 3.63) is 0 Å². The summed E-state index contributed by atoms with van der Waals surface area (Å²) in [4.78, 5) is 4.81. The van der Waals surface area contributed by atoms with Crippen LogP contribution >= 0.6 is 0 Å². The average molecular weight is 174 g/mol. The van der Waals surface area contributed by atoms with E-state index in [9.17, 15) is 0 Å². The van der Waals surface area contributed by atoms with Crippen molar-refractivity contribution in [3.8, 4) is 0 Å². The average Bonchev–Trinajstić information content (AvgIpc) is 2.16. The molecule has 1 atom stereocenters. The highest BCUT2D eigenvalue weighted by molar-refractivity contribution is 4.87. The van der Waals surface area contributed by atoms with Crippen LogP contribution in [0.25, 0.3) is 0 Å². The molecule has 12 heavy (non-hydrogen) atoms. The fourth-order valence-electron chi connectivity index (χ4n) is 1.54. The molecule has 4 nitrogen and oxygen atoms in total. The summed E-state index contributed by atoms with van der Waals surface area (Å²) >= 11 is 0. The molecule has 0 spiro atoms. The molecule has 0 aromatic rings. The second-order valence-electron chi connectivity index (χ2n) is 3.19. The summed E-state index contributed by atoms with van der Waals surface area (Å²) < 4.78 is 5.48. The first-order valence-corrected chi connectivity index (χ1v) is 4.35. The van der Waals surface area contributed by atoms with Crippen LogP contribution in [-0.4, -0.2) is 39.5 Å². The minimum Gasteiger partial charge on any atom is -0.375 e. The maximum Gasteiger partial charge on any atom is 0.0949 e. The standard InChI is InChI=1S/C8H18N2O2/c1-11-8(7-10-12-2)4-3-5-9-6-8/h9-10H,3-7H2,1-2H3. The predicted molar refractivity (Wildman–Crippen MR) is 46.9 cm³/mol. The highest BCUT2D eigenvalue weighted by Crippen LogP contribution is 2.18. The summed E-state index contributed by atoms with van der Waals surface area (Å²) in [5, 5.41) is 3.31. The molecule has 2 N–H and O–H groups in total. The zero-order valence-electron chi connectivity index (χ0n) is 7.85. The SMILES string of the molecule is CONCC1(OC)CCCNC1. The lowest BCUT2D eigenvalue weighted by molar-refractivity contribution is -0.0580. The van der Waals surface area contributed by atoms with Gasteiger partial charge in [-0.15, -0.1) is 0 Å². The predicted octanol–water partition coefficient (Wildman–Crippen LogP) is -0.0940. The fraction of sp³-hybridized carbons (Fsp3) is 1.00. The van der Waals surface area contributed by atoms with Crippen molar-refractivity contribution in [1.29, 1.82) is 0 Å². The van der Waals surface area contributed by atoms with Crippen LogP contribution < -0.4 is 10.8 Å². The van der Waals surface area contributed by atoms with Crippen LogP contribution in [0, 0.1) is 0 Å². The van der Waals surface area contributed by atoms with E-state index in [-0.39, 0.29) is 5.60 Å². The van der Waals surface area contributed by atoms with Gasteiger partial charge in [-0.05, 0) is 19.4 Å². The number of hydroxylamine groups is 1. The number of ether oxygens (including phenoxy) is 1. The molecule has 0 radical (unpaired) electrons. The lowest BCUT2D eigenvalue weighted by atomic mass is 9.94. The van der Waals surface area contributed by atoms with E-state index in [1.165, 1.54) is 6.42 Å². The Morgan fingerprint density at radius 3 is 2.83 bits per heavy atom. The summed E-state index contributed by atoms with van der Waals surface area (Å²) in [6.07, 6.45) is 2.26. The number of hydrogen-bond donors (Lipinski definition) is 2. The Bertz CT molecular complexity index is 124. The number of hydrogen-bond acceptors (Lipinski definition) is 4. The minimum absolute atomic E-state index is 0.0751. The van der Waals surface area contributed by atoms with Crippen LogP contribution in [0.15, 0.2) is 0 Å². The van der Waals surface area contributed by atoms with E-state index < -0.39 is 0 Å². The monoisotopic (exact) mass is 174 g/mol. The zero-order valence-corrected chi connectivity index (χ0v) is 7.85. The third-order valence-corrected chi connectivity index (χ3v) is 2.40. The summed E-state index contributed by atoms with van der Waals surface area (Å²) in [6.45, 7) is 2.74. The van der Waals surface area contributed by atoms with E-state index in [0.29, 0.717) is 0 Å². The van der Waals surface area contributed by atoms with E-state index in [0.717, 1.165) is 26.1 Å². The molecule has 1 rings (SSSR count). The molecule has 1 fully saturated rings. The van der Waals surface area contributed by atoms with Crippen LogP contribution in [0.3, 0.4) is 0 Å². The minimum atomic E-state index is -0.0751. The van der Waals surface area contributed by atoms with Crippen LogP contribution in [0.2, 0.25) is 0 Å². The lowest BCUT2D eigenvalue weighted by Crippen LogP contribution is -2.53. The molecule has 0 aliphatic carbocycles. The first-order chi connectivity index (χ1) is 5.83. The van der Waals surface area contributed by atoms with E-state index in [2.05, 4.69) is 10.8 Å². The second kappa shape index (κ2) is 4.77. The molecule has 0 aromatic heterocycles. The van der Waals surface area contributed by atoms with Crippen LogP contribution in [0.4, 0.5) is 0 Å². The molecule has 0 amide bonds. The number of nitrogens with one attached hydrogen (secondary N) is 2. The van der Waals surface area contributed by atoms with Gasteiger partial charge in [-0.1, -0.05) is 0 Å². The van der Waals surface area contributed by atoms with Gasteiger partial charge >= 0.3 is 0 Å². The highest BCUT2D eigenvalue weighted by Gasteiger charge is 2.31. The van der Waals surface area contributed by atoms with Gasteiger partial charge in [-0.25, -0.2) is 0 Å². The van der Waals surface area contributed by atoms with Gasteiger partial charge < -0.3 is 14.9 Å². The molecule has 0 aromatic carbocycles. The highest BCUT2D eigenvalue weighted by atomic mass is 16.6. The molecule has 1 aliphatic heterocycles. The Morgan fingerprint density at radius 1 is 1.50 bits per heavy atom. The summed E-state index contributed by atoms with van der Waals surface area (Å²) in [5.41, 5.74) is 2.77. The van der Waals surface area contributed by atoms with E-state index >= 15 is 0 Å². The fourth-order valence-corrected chi connectivity index (χ4v) is 1.54. The van der Waals surface area contributed by atoms with Gasteiger partial charge in [0, 0.05) is 13.7 Å². The van der Waals surface area contributed by atoms with E-state index in [1.54, 1.807) is 14.2 Å². The van der Waals surface area contributed by atoms with Crippen molar-refractivity contribution in [1.82, 2.24) is 10.8 Å². The van der Waals surface area contributed by atoms with Gasteiger partial charge in [0.15, 0.2) is 0 Å². The first-order valence-electron chi connectivity index (χ1n) is 4.35. The van der Waals surface area contributed by atoms with Gasteiger partial charge in [0.25, 0.3) is 0 Å². The largest absolute Gasteiger partial charge is 0.375 e. The number of piperidine rings is 1. The third-order valence-electron chi connectivity index (χ3n) is 2.40. The molecule has 4 heteroatoms. The van der Waals surface area contributed by atoms with Crippen molar-refractivity contribution in [3.63, 3.8) is 0 Å². The molecule has 1 saturated heterocycles. The Morgan fingerprint density at radius 2 is 2.33 bits per heavy atom. The van der Waals surface area contributed by atoms with Gasteiger partial charge in [-0.3, -0.25) is 0 Å². The van der Waals surface area contributed by atoms with Crippen LogP contribution in [0.5, 0.6) is 0 Å². The lowest BCUT2D eigenvalue weighted by Gasteiger charge is -2.36. The number of methoxy groups -OCH3 is 1. The molecular formula is C8H18N2O2. The van der Waals surface area contributed by atoms with Gasteiger partial charge in [0.2, 0.25) is 0 Å². The summed E-state index contributed by atoms with van der Waals surface area (Å²) in [7, 11) is 3.38. The first kappa shape index (κ1) is 9.92. The van der Waals surface area contributed by atoms with Gasteiger partial charge in [-0.2, -0.15) is 5.48 Å². The maximum atomic E-state index is 5.48. The second-order valence-corrected chi connectivity index (χ2v) is 3.19. The van der Waals surface area contributed by atoms with Gasteiger partial charge in [0.1, 0.15) is 0 Å². The van der Waals surface area contributed by atoms with Crippen molar-refractivity contribution in [2.75, 3.05) is 33.9 Å². The Kier molecular flexibility index (Phi) is 3.94. The van der Waals surface area contributed by atoms with Crippen molar-refractivity contribution >= 4 is 0 Å². The normalized spacial score (nSPS) is 30.5. The molecule has 1 unspecified atom stereocenters. The Labute approximate surface area is 73.6 Å². The molecule has 1 heterocycles. The Hall–Kier alpha value is -0.160. The Balaban J connectivity index is 2.37. The zero-order chi connectivity index (χ0) is 8.86. The van der Waals surface area contributed by atoms with E-state index in [4.69, 9.17) is 9.57 Å². The van der Waals surface area contributed by atoms with Crippen molar-refractivity contribution < 1.29 is 9.57 Å². The molecule has 0 saturated carbocycles. The molecule has 72 valence electrons. The van der Waals surface area contributed by atoms with Gasteiger partial charge in [0.05, 0.1) is 19.3 Å². The third kappa shape index (κ3) is 2.42. The maximum absolute atomic E-state index is 5.48. The number of rotatable bonds is 4. The summed E-state index contributed by atoms with van der Waals surface area (Å²) in [5.74, 6) is 0. The summed E-state index contributed by atoms with van der Waals surface area (Å²) in [6, 6.07) is 0. The molecular weight excluding hydrogens is 156 g/mol. The topological polar surface area (TPSA) is 42.5 Å².